The second-order valence-electron chi connectivity index (χ2n) is 4.93. The lowest BCUT2D eigenvalue weighted by atomic mass is 10.3. The van der Waals surface area contributed by atoms with Crippen molar-refractivity contribution in [2.45, 2.75) is 12.7 Å². The number of halogens is 3. The topological polar surface area (TPSA) is 65.3 Å². The van der Waals surface area contributed by atoms with Gasteiger partial charge in [-0.3, -0.25) is 13.9 Å². The van der Waals surface area contributed by atoms with E-state index in [4.69, 9.17) is 0 Å². The first-order valence-corrected chi connectivity index (χ1v) is 6.85. The molecule has 6 nitrogen and oxygen atoms in total. The molecule has 1 aromatic carbocycles. The summed E-state index contributed by atoms with van der Waals surface area (Å²) in [6.07, 6.45) is -4.39. The predicted molar refractivity (Wildman–Crippen MR) is 77.1 cm³/mol. The number of fused-ring (bicyclic) bond motifs is 1. The number of para-hydroxylation sites is 2. The van der Waals surface area contributed by atoms with Gasteiger partial charge >= 0.3 is 11.9 Å². The van der Waals surface area contributed by atoms with Gasteiger partial charge in [0.05, 0.1) is 17.6 Å². The van der Waals surface area contributed by atoms with Gasteiger partial charge in [0.25, 0.3) is 0 Å². The number of nitrogens with one attached hydrogen (secondary N) is 1. The van der Waals surface area contributed by atoms with Crippen LogP contribution in [0.2, 0.25) is 0 Å². The van der Waals surface area contributed by atoms with Crippen molar-refractivity contribution in [3.05, 3.63) is 34.7 Å². The number of carbonyl (C=O) groups excluding carboxylic acids is 1. The number of alkyl halides is 3. The molecule has 9 heteroatoms. The lowest BCUT2D eigenvalue weighted by Crippen LogP contribution is -2.34. The van der Waals surface area contributed by atoms with Crippen LogP contribution in [0, 0.1) is 0 Å². The third kappa shape index (κ3) is 4.35. The first-order chi connectivity index (χ1) is 10.8. The summed E-state index contributed by atoms with van der Waals surface area (Å²) in [7, 11) is 1.60. The quantitative estimate of drug-likeness (QED) is 0.804. The van der Waals surface area contributed by atoms with Crippen molar-refractivity contribution in [3.8, 4) is 0 Å². The zero-order chi connectivity index (χ0) is 17.0. The minimum Gasteiger partial charge on any atom is -0.370 e. The molecule has 0 saturated carbocycles. The van der Waals surface area contributed by atoms with E-state index < -0.39 is 18.7 Å². The van der Waals surface area contributed by atoms with E-state index in [1.807, 2.05) is 0 Å². The lowest BCUT2D eigenvalue weighted by Gasteiger charge is -2.09. The van der Waals surface area contributed by atoms with Crippen molar-refractivity contribution >= 4 is 16.9 Å². The molecule has 1 N–H and O–H groups in total. The summed E-state index contributed by atoms with van der Waals surface area (Å²) in [5.41, 5.74) is 0.969. The summed E-state index contributed by atoms with van der Waals surface area (Å²) in [4.78, 5) is 23.9. The van der Waals surface area contributed by atoms with Crippen LogP contribution in [-0.2, 0) is 23.1 Å². The molecule has 1 heterocycles. The summed E-state index contributed by atoms with van der Waals surface area (Å²) >= 11 is 0. The summed E-state index contributed by atoms with van der Waals surface area (Å²) < 4.78 is 42.7. The fourth-order valence-corrected chi connectivity index (χ4v) is 2.17. The van der Waals surface area contributed by atoms with Gasteiger partial charge in [-0.1, -0.05) is 12.1 Å². The van der Waals surface area contributed by atoms with Crippen LogP contribution in [-0.4, -0.2) is 41.0 Å². The Bertz CT molecular complexity index is 749. The number of hydrogen-bond acceptors (Lipinski definition) is 3. The van der Waals surface area contributed by atoms with Crippen LogP contribution in [0.5, 0.6) is 0 Å². The number of amides is 1. The molecule has 1 aromatic heterocycles. The number of rotatable bonds is 6. The number of aryl methyl sites for hydroxylation is 1. The third-order valence-corrected chi connectivity index (χ3v) is 3.19. The van der Waals surface area contributed by atoms with Crippen molar-refractivity contribution < 1.29 is 22.7 Å². The first-order valence-electron chi connectivity index (χ1n) is 6.85. The number of benzene rings is 1. The third-order valence-electron chi connectivity index (χ3n) is 3.19. The Hall–Kier alpha value is -2.29. The molecule has 0 atom stereocenters. The van der Waals surface area contributed by atoms with Crippen molar-refractivity contribution in [2.75, 3.05) is 19.8 Å². The second kappa shape index (κ2) is 6.86. The van der Waals surface area contributed by atoms with E-state index in [2.05, 4.69) is 10.1 Å². The number of aromatic nitrogens is 2. The van der Waals surface area contributed by atoms with Crippen LogP contribution in [0.25, 0.3) is 11.0 Å². The largest absolute Gasteiger partial charge is 0.411 e. The van der Waals surface area contributed by atoms with E-state index >= 15 is 0 Å². The number of nitrogens with zero attached hydrogens (tertiary/aromatic N) is 2. The lowest BCUT2D eigenvalue weighted by molar-refractivity contribution is -0.173. The highest BCUT2D eigenvalue weighted by atomic mass is 19.4. The Labute approximate surface area is 129 Å². The molecule has 0 fully saturated rings. The van der Waals surface area contributed by atoms with E-state index in [0.29, 0.717) is 11.0 Å². The molecule has 23 heavy (non-hydrogen) atoms. The maximum atomic E-state index is 12.1. The van der Waals surface area contributed by atoms with Gasteiger partial charge in [-0.2, -0.15) is 13.2 Å². The van der Waals surface area contributed by atoms with Gasteiger partial charge in [0.2, 0.25) is 5.91 Å². The predicted octanol–water partition coefficient (Wildman–Crippen LogP) is 1.04. The highest BCUT2D eigenvalue weighted by molar-refractivity contribution is 5.80. The van der Waals surface area contributed by atoms with Crippen LogP contribution < -0.4 is 11.0 Å². The molecule has 0 bridgehead atoms. The molecule has 0 aliphatic rings. The van der Waals surface area contributed by atoms with Gasteiger partial charge in [0.1, 0.15) is 13.2 Å². The number of imidazole rings is 1. The smallest absolute Gasteiger partial charge is 0.370 e. The van der Waals surface area contributed by atoms with Gasteiger partial charge in [0, 0.05) is 13.6 Å². The Kier molecular flexibility index (Phi) is 5.09. The number of ether oxygens (including phenoxy) is 1. The van der Waals surface area contributed by atoms with Crippen LogP contribution in [0.1, 0.15) is 0 Å². The minimum absolute atomic E-state index is 0.0611. The molecular formula is C14H16F3N3O3. The molecule has 0 aliphatic carbocycles. The average molecular weight is 331 g/mol. The standard InChI is InChI=1S/C14H16F3N3O3/c1-19-10-4-2-3-5-11(10)20(13(19)22)8-12(21)18-6-7-23-9-14(15,16)17/h2-5H,6-9H2,1H3,(H,18,21). The minimum atomic E-state index is -4.39. The fraction of sp³-hybridized carbons (Fsp3) is 0.429. The van der Waals surface area contributed by atoms with E-state index in [1.165, 1.54) is 9.13 Å². The summed E-state index contributed by atoms with van der Waals surface area (Å²) in [6.45, 7) is -1.88. The van der Waals surface area contributed by atoms with E-state index in [1.54, 1.807) is 31.3 Å². The van der Waals surface area contributed by atoms with Gasteiger partial charge in [0.15, 0.2) is 0 Å². The van der Waals surface area contributed by atoms with E-state index in [-0.39, 0.29) is 25.4 Å². The summed E-state index contributed by atoms with van der Waals surface area (Å²) in [5, 5.41) is 2.42. The van der Waals surface area contributed by atoms with E-state index in [0.717, 1.165) is 0 Å². The Morgan fingerprint density at radius 3 is 2.57 bits per heavy atom. The number of hydrogen-bond donors (Lipinski definition) is 1. The van der Waals surface area contributed by atoms with Gasteiger partial charge < -0.3 is 10.1 Å². The van der Waals surface area contributed by atoms with Crippen molar-refractivity contribution in [1.82, 2.24) is 14.5 Å². The van der Waals surface area contributed by atoms with Crippen molar-refractivity contribution in [1.29, 1.82) is 0 Å². The van der Waals surface area contributed by atoms with Crippen molar-refractivity contribution in [3.63, 3.8) is 0 Å². The summed E-state index contributed by atoms with van der Waals surface area (Å²) in [6, 6.07) is 7.01. The van der Waals surface area contributed by atoms with Crippen LogP contribution in [0.15, 0.2) is 29.1 Å². The van der Waals surface area contributed by atoms with Crippen LogP contribution in [0.3, 0.4) is 0 Å². The van der Waals surface area contributed by atoms with Crippen LogP contribution >= 0.6 is 0 Å². The first kappa shape index (κ1) is 17.1. The maximum absolute atomic E-state index is 12.1. The van der Waals surface area contributed by atoms with E-state index in [9.17, 15) is 22.8 Å². The van der Waals surface area contributed by atoms with Gasteiger partial charge in [-0.25, -0.2) is 4.79 Å². The monoisotopic (exact) mass is 331 g/mol. The molecule has 0 aliphatic heterocycles. The maximum Gasteiger partial charge on any atom is 0.411 e. The molecule has 1 amide bonds. The normalized spacial score (nSPS) is 11.8. The highest BCUT2D eigenvalue weighted by Crippen LogP contribution is 2.14. The van der Waals surface area contributed by atoms with Gasteiger partial charge in [-0.15, -0.1) is 0 Å². The Morgan fingerprint density at radius 1 is 1.26 bits per heavy atom. The second-order valence-corrected chi connectivity index (χ2v) is 4.93. The zero-order valence-electron chi connectivity index (χ0n) is 12.4. The van der Waals surface area contributed by atoms with Gasteiger partial charge in [-0.05, 0) is 12.1 Å². The SMILES string of the molecule is Cn1c(=O)n(CC(=O)NCCOCC(F)(F)F)c2ccccc21. The molecule has 0 unspecified atom stereocenters. The highest BCUT2D eigenvalue weighted by Gasteiger charge is 2.27. The number of carbonyl (C=O) groups is 1. The Morgan fingerprint density at radius 2 is 1.91 bits per heavy atom. The Balaban J connectivity index is 1.92. The molecule has 0 spiro atoms. The zero-order valence-corrected chi connectivity index (χ0v) is 12.4. The molecular weight excluding hydrogens is 315 g/mol. The molecule has 126 valence electrons. The van der Waals surface area contributed by atoms with Crippen LogP contribution in [0.4, 0.5) is 13.2 Å². The molecule has 0 radical (unpaired) electrons. The fourth-order valence-electron chi connectivity index (χ4n) is 2.17. The average Bonchev–Trinajstić information content (AvgIpc) is 2.71. The molecule has 0 saturated heterocycles. The molecule has 2 aromatic rings. The summed E-state index contributed by atoms with van der Waals surface area (Å²) in [5.74, 6) is -0.473. The molecule has 2 rings (SSSR count). The van der Waals surface area contributed by atoms with Crippen molar-refractivity contribution in [2.24, 2.45) is 7.05 Å².